The lowest BCUT2D eigenvalue weighted by Gasteiger charge is -2.09. The van der Waals surface area contributed by atoms with Gasteiger partial charge in [0.1, 0.15) is 11.6 Å². The molecule has 3 nitrogen and oxygen atoms in total. The normalized spacial score (nSPS) is 10.3. The monoisotopic (exact) mass is 282 g/mol. The Morgan fingerprint density at radius 2 is 1.89 bits per heavy atom. The van der Waals surface area contributed by atoms with Crippen LogP contribution in [-0.2, 0) is 0 Å². The van der Waals surface area contributed by atoms with E-state index in [0.29, 0.717) is 0 Å². The summed E-state index contributed by atoms with van der Waals surface area (Å²) in [5.74, 6) is -2.08. The summed E-state index contributed by atoms with van der Waals surface area (Å²) in [6.45, 7) is 0. The van der Waals surface area contributed by atoms with E-state index in [9.17, 15) is 13.6 Å². The smallest absolute Gasteiger partial charge is 0.257 e. The highest BCUT2D eigenvalue weighted by Gasteiger charge is 2.14. The zero-order chi connectivity index (χ0) is 14.0. The van der Waals surface area contributed by atoms with Crippen LogP contribution < -0.4 is 11.1 Å². The number of carbonyl (C=O) groups excluding carboxylic acids is 1. The molecule has 19 heavy (non-hydrogen) atoms. The highest BCUT2D eigenvalue weighted by molar-refractivity contribution is 6.30. The largest absolute Gasteiger partial charge is 0.396 e. The summed E-state index contributed by atoms with van der Waals surface area (Å²) >= 11 is 5.59. The minimum absolute atomic E-state index is 0.0574. The van der Waals surface area contributed by atoms with Gasteiger partial charge >= 0.3 is 0 Å². The van der Waals surface area contributed by atoms with Crippen LogP contribution in [-0.4, -0.2) is 5.91 Å². The van der Waals surface area contributed by atoms with Gasteiger partial charge < -0.3 is 11.1 Å². The summed E-state index contributed by atoms with van der Waals surface area (Å²) in [7, 11) is 0. The molecular formula is C13H9ClF2N2O. The summed E-state index contributed by atoms with van der Waals surface area (Å²) in [5, 5.41) is 2.51. The van der Waals surface area contributed by atoms with E-state index in [2.05, 4.69) is 5.32 Å². The van der Waals surface area contributed by atoms with Crippen LogP contribution in [0.2, 0.25) is 5.02 Å². The molecule has 0 fully saturated rings. The maximum Gasteiger partial charge on any atom is 0.257 e. The molecule has 0 saturated carbocycles. The molecule has 0 heterocycles. The first-order valence-electron chi connectivity index (χ1n) is 5.29. The number of rotatable bonds is 2. The molecule has 2 rings (SSSR count). The molecule has 0 bridgehead atoms. The molecule has 98 valence electrons. The fourth-order valence-electron chi connectivity index (χ4n) is 1.52. The Hall–Kier alpha value is -2.14. The van der Waals surface area contributed by atoms with Crippen molar-refractivity contribution in [3.8, 4) is 0 Å². The minimum atomic E-state index is -0.704. The van der Waals surface area contributed by atoms with Crippen molar-refractivity contribution in [2.75, 3.05) is 11.1 Å². The van der Waals surface area contributed by atoms with Crippen LogP contribution in [0, 0.1) is 11.6 Å². The third-order valence-electron chi connectivity index (χ3n) is 2.48. The van der Waals surface area contributed by atoms with E-state index < -0.39 is 17.5 Å². The van der Waals surface area contributed by atoms with Gasteiger partial charge in [-0.2, -0.15) is 0 Å². The third-order valence-corrected chi connectivity index (χ3v) is 2.71. The van der Waals surface area contributed by atoms with Gasteiger partial charge in [0.25, 0.3) is 5.91 Å². The molecule has 0 saturated heterocycles. The van der Waals surface area contributed by atoms with Gasteiger partial charge in [0, 0.05) is 5.02 Å². The minimum Gasteiger partial charge on any atom is -0.396 e. The number of hydrogen-bond acceptors (Lipinski definition) is 2. The highest BCUT2D eigenvalue weighted by Crippen LogP contribution is 2.21. The standard InChI is InChI=1S/C13H9ClF2N2O/c14-7-4-5-11(10(16)6-7)18-13(19)8-2-1-3-9(15)12(8)17/h1-6H,17H2,(H,18,19). The van der Waals surface area contributed by atoms with E-state index in [1.165, 1.54) is 24.3 Å². The first kappa shape index (κ1) is 13.3. The van der Waals surface area contributed by atoms with Crippen molar-refractivity contribution < 1.29 is 13.6 Å². The average Bonchev–Trinajstić information content (AvgIpc) is 2.36. The second-order valence-electron chi connectivity index (χ2n) is 3.78. The van der Waals surface area contributed by atoms with Crippen molar-refractivity contribution in [3.63, 3.8) is 0 Å². The molecule has 1 amide bonds. The summed E-state index contributed by atoms with van der Waals surface area (Å²) in [5.41, 5.74) is 5.05. The molecule has 0 atom stereocenters. The van der Waals surface area contributed by atoms with Gasteiger partial charge in [0.15, 0.2) is 0 Å². The quantitative estimate of drug-likeness (QED) is 0.829. The first-order chi connectivity index (χ1) is 8.99. The number of carbonyl (C=O) groups is 1. The van der Waals surface area contributed by atoms with Crippen molar-refractivity contribution in [1.29, 1.82) is 0 Å². The predicted octanol–water partition coefficient (Wildman–Crippen LogP) is 3.45. The summed E-state index contributed by atoms with van der Waals surface area (Å²) < 4.78 is 26.7. The van der Waals surface area contributed by atoms with Gasteiger partial charge in [-0.05, 0) is 30.3 Å². The van der Waals surface area contributed by atoms with Crippen LogP contribution in [0.25, 0.3) is 0 Å². The van der Waals surface area contributed by atoms with E-state index in [0.717, 1.165) is 12.1 Å². The van der Waals surface area contributed by atoms with Crippen LogP contribution >= 0.6 is 11.6 Å². The van der Waals surface area contributed by atoms with Crippen LogP contribution in [0.4, 0.5) is 20.2 Å². The molecule has 0 aliphatic rings. The molecule has 0 aliphatic heterocycles. The molecule has 0 aliphatic carbocycles. The van der Waals surface area contributed by atoms with Gasteiger partial charge in [-0.3, -0.25) is 4.79 Å². The second kappa shape index (κ2) is 5.24. The van der Waals surface area contributed by atoms with E-state index in [1.54, 1.807) is 0 Å². The van der Waals surface area contributed by atoms with Crippen LogP contribution in [0.3, 0.4) is 0 Å². The zero-order valence-corrected chi connectivity index (χ0v) is 10.3. The van der Waals surface area contributed by atoms with E-state index >= 15 is 0 Å². The van der Waals surface area contributed by atoms with Crippen molar-refractivity contribution in [1.82, 2.24) is 0 Å². The molecule has 0 unspecified atom stereocenters. The fraction of sp³-hybridized carbons (Fsp3) is 0. The number of amides is 1. The Kier molecular flexibility index (Phi) is 3.66. The van der Waals surface area contributed by atoms with Crippen LogP contribution in [0.1, 0.15) is 10.4 Å². The summed E-state index contributed by atoms with van der Waals surface area (Å²) in [6.07, 6.45) is 0. The first-order valence-corrected chi connectivity index (χ1v) is 5.67. The second-order valence-corrected chi connectivity index (χ2v) is 4.22. The van der Waals surface area contributed by atoms with Crippen molar-refractivity contribution >= 4 is 28.9 Å². The maximum absolute atomic E-state index is 13.5. The van der Waals surface area contributed by atoms with Crippen LogP contribution in [0.5, 0.6) is 0 Å². The summed E-state index contributed by atoms with van der Waals surface area (Å²) in [4.78, 5) is 11.9. The van der Waals surface area contributed by atoms with Gasteiger partial charge in [-0.15, -0.1) is 0 Å². The predicted molar refractivity (Wildman–Crippen MR) is 70.2 cm³/mol. The van der Waals surface area contributed by atoms with Crippen molar-refractivity contribution in [2.24, 2.45) is 0 Å². The molecule has 0 spiro atoms. The molecule has 2 aromatic carbocycles. The van der Waals surface area contributed by atoms with E-state index in [-0.39, 0.29) is 22.0 Å². The maximum atomic E-state index is 13.5. The fourth-order valence-corrected chi connectivity index (χ4v) is 1.67. The van der Waals surface area contributed by atoms with Crippen LogP contribution in [0.15, 0.2) is 36.4 Å². The average molecular weight is 283 g/mol. The number of nitrogens with one attached hydrogen (secondary N) is 1. The number of nitrogen functional groups attached to an aromatic ring is 1. The number of nitrogens with two attached hydrogens (primary N) is 1. The molecule has 0 aromatic heterocycles. The Balaban J connectivity index is 2.28. The molecule has 2 aromatic rings. The number of benzene rings is 2. The zero-order valence-electron chi connectivity index (χ0n) is 9.58. The number of halogens is 3. The lowest BCUT2D eigenvalue weighted by atomic mass is 10.1. The third kappa shape index (κ3) is 2.82. The number of para-hydroxylation sites is 1. The van der Waals surface area contributed by atoms with Crippen molar-refractivity contribution in [3.05, 3.63) is 58.6 Å². The van der Waals surface area contributed by atoms with E-state index in [1.807, 2.05) is 0 Å². The number of anilines is 2. The molecule has 6 heteroatoms. The van der Waals surface area contributed by atoms with Gasteiger partial charge in [-0.1, -0.05) is 17.7 Å². The van der Waals surface area contributed by atoms with Gasteiger partial charge in [-0.25, -0.2) is 8.78 Å². The number of hydrogen-bond donors (Lipinski definition) is 2. The highest BCUT2D eigenvalue weighted by atomic mass is 35.5. The Bertz CT molecular complexity index is 647. The SMILES string of the molecule is Nc1c(F)cccc1C(=O)Nc1ccc(Cl)cc1F. The molecule has 0 radical (unpaired) electrons. The molecular weight excluding hydrogens is 274 g/mol. The van der Waals surface area contributed by atoms with Crippen molar-refractivity contribution in [2.45, 2.75) is 0 Å². The van der Waals surface area contributed by atoms with Gasteiger partial charge in [0.2, 0.25) is 0 Å². The summed E-state index contributed by atoms with van der Waals surface area (Å²) in [6, 6.07) is 7.63. The topological polar surface area (TPSA) is 55.1 Å². The lowest BCUT2D eigenvalue weighted by Crippen LogP contribution is -2.15. The lowest BCUT2D eigenvalue weighted by molar-refractivity contribution is 0.102. The Labute approximate surface area is 113 Å². The van der Waals surface area contributed by atoms with Gasteiger partial charge in [0.05, 0.1) is 16.9 Å². The van der Waals surface area contributed by atoms with E-state index in [4.69, 9.17) is 17.3 Å². The molecule has 3 N–H and O–H groups in total. The Morgan fingerprint density at radius 3 is 2.58 bits per heavy atom. The Morgan fingerprint density at radius 1 is 1.16 bits per heavy atom.